The second-order valence-corrected chi connectivity index (χ2v) is 6.39. The Kier molecular flexibility index (Phi) is 5.26. The van der Waals surface area contributed by atoms with Crippen LogP contribution in [0.3, 0.4) is 0 Å². The zero-order valence-corrected chi connectivity index (χ0v) is 14.0. The van der Waals surface area contributed by atoms with Crippen molar-refractivity contribution in [2.45, 2.75) is 30.6 Å². The third-order valence-corrected chi connectivity index (χ3v) is 4.62. The lowest BCUT2D eigenvalue weighted by atomic mass is 10.2. The molecular weight excluding hydrogens is 332 g/mol. The molecule has 0 saturated carbocycles. The molecule has 3 rings (SSSR count). The van der Waals surface area contributed by atoms with Gasteiger partial charge in [0, 0.05) is 19.9 Å². The molecule has 1 aliphatic heterocycles. The molecule has 3 heterocycles. The van der Waals surface area contributed by atoms with Gasteiger partial charge in [0.25, 0.3) is 5.91 Å². The Bertz CT molecular complexity index is 722. The first-order valence-electron chi connectivity index (χ1n) is 7.59. The van der Waals surface area contributed by atoms with E-state index in [1.807, 2.05) is 0 Å². The molecule has 1 N–H and O–H groups in total. The van der Waals surface area contributed by atoms with E-state index < -0.39 is 11.8 Å². The van der Waals surface area contributed by atoms with E-state index in [1.165, 1.54) is 11.8 Å². The molecule has 9 nitrogen and oxygen atoms in total. The quantitative estimate of drug-likeness (QED) is 0.744. The van der Waals surface area contributed by atoms with Crippen LogP contribution in [0.1, 0.15) is 23.3 Å². The van der Waals surface area contributed by atoms with E-state index in [-0.39, 0.29) is 11.9 Å². The highest BCUT2D eigenvalue weighted by atomic mass is 32.2. The van der Waals surface area contributed by atoms with Gasteiger partial charge in [-0.2, -0.15) is 0 Å². The summed E-state index contributed by atoms with van der Waals surface area (Å²) in [6.45, 7) is 1.33. The van der Waals surface area contributed by atoms with Crippen LogP contribution in [0.5, 0.6) is 0 Å². The zero-order chi connectivity index (χ0) is 16.9. The zero-order valence-electron chi connectivity index (χ0n) is 13.2. The van der Waals surface area contributed by atoms with Gasteiger partial charge in [0.05, 0.1) is 18.4 Å². The van der Waals surface area contributed by atoms with Crippen molar-refractivity contribution in [1.29, 1.82) is 0 Å². The Hall–Kier alpha value is -2.20. The summed E-state index contributed by atoms with van der Waals surface area (Å²) in [7, 11) is 1.74. The van der Waals surface area contributed by atoms with Gasteiger partial charge in [-0.05, 0) is 35.4 Å². The van der Waals surface area contributed by atoms with E-state index in [0.29, 0.717) is 17.4 Å². The lowest BCUT2D eigenvalue weighted by molar-refractivity contribution is -0.117. The van der Waals surface area contributed by atoms with E-state index in [0.717, 1.165) is 19.4 Å². The van der Waals surface area contributed by atoms with Gasteiger partial charge < -0.3 is 9.30 Å². The molecule has 1 saturated heterocycles. The number of ether oxygens (including phenoxy) is 1. The molecule has 0 aromatic carbocycles. The largest absolute Gasteiger partial charge is 0.376 e. The van der Waals surface area contributed by atoms with Crippen LogP contribution in [0.4, 0.5) is 0 Å². The second kappa shape index (κ2) is 7.58. The number of aromatic nitrogens is 5. The number of rotatable bonds is 6. The molecule has 1 aliphatic rings. The highest BCUT2D eigenvalue weighted by Gasteiger charge is 2.20. The van der Waals surface area contributed by atoms with Crippen molar-refractivity contribution in [3.05, 3.63) is 24.0 Å². The van der Waals surface area contributed by atoms with Crippen LogP contribution in [-0.4, -0.2) is 55.1 Å². The number of carbonyl (C=O) groups excluding carboxylic acids is 2. The first-order valence-corrected chi connectivity index (χ1v) is 8.58. The Morgan fingerprint density at radius 3 is 3.08 bits per heavy atom. The number of nitrogens with zero attached hydrogens (tertiary/aromatic N) is 5. The number of thioether (sulfide) groups is 1. The number of nitrogens with one attached hydrogen (secondary N) is 1. The monoisotopic (exact) mass is 350 g/mol. The molecule has 2 amide bonds. The highest BCUT2D eigenvalue weighted by Crippen LogP contribution is 2.18. The van der Waals surface area contributed by atoms with Gasteiger partial charge in [0.2, 0.25) is 11.1 Å². The molecule has 10 heteroatoms. The minimum Gasteiger partial charge on any atom is -0.376 e. The fourth-order valence-electron chi connectivity index (χ4n) is 2.45. The number of tetrazole rings is 1. The van der Waals surface area contributed by atoms with Crippen molar-refractivity contribution in [2.75, 3.05) is 12.4 Å². The summed E-state index contributed by atoms with van der Waals surface area (Å²) in [6, 6.07) is 3.39. The molecule has 1 fully saturated rings. The molecule has 0 spiro atoms. The number of hydrogen-bond acceptors (Lipinski definition) is 7. The van der Waals surface area contributed by atoms with Crippen LogP contribution >= 0.6 is 11.8 Å². The SMILES string of the molecule is Cn1cccc1C(=O)NC(=O)CSc1nnnn1C[C@@H]1CCCO1. The first kappa shape index (κ1) is 16.7. The van der Waals surface area contributed by atoms with Crippen molar-refractivity contribution < 1.29 is 14.3 Å². The Morgan fingerprint density at radius 2 is 2.38 bits per heavy atom. The molecule has 128 valence electrons. The summed E-state index contributed by atoms with van der Waals surface area (Å²) in [5.41, 5.74) is 0.427. The van der Waals surface area contributed by atoms with E-state index in [1.54, 1.807) is 34.6 Å². The van der Waals surface area contributed by atoms with Crippen LogP contribution in [0.2, 0.25) is 0 Å². The Labute approximate surface area is 142 Å². The summed E-state index contributed by atoms with van der Waals surface area (Å²) >= 11 is 1.19. The molecule has 0 bridgehead atoms. The maximum atomic E-state index is 12.0. The second-order valence-electron chi connectivity index (χ2n) is 5.45. The van der Waals surface area contributed by atoms with Crippen LogP contribution in [0.15, 0.2) is 23.5 Å². The number of carbonyl (C=O) groups is 2. The fraction of sp³-hybridized carbons (Fsp3) is 0.500. The maximum absolute atomic E-state index is 12.0. The van der Waals surface area contributed by atoms with Gasteiger partial charge in [0.15, 0.2) is 0 Å². The van der Waals surface area contributed by atoms with Crippen molar-refractivity contribution >= 4 is 23.6 Å². The summed E-state index contributed by atoms with van der Waals surface area (Å²) in [5, 5.41) is 14.4. The molecule has 0 aliphatic carbocycles. The van der Waals surface area contributed by atoms with Crippen molar-refractivity contribution in [2.24, 2.45) is 7.05 Å². The van der Waals surface area contributed by atoms with Gasteiger partial charge in [-0.15, -0.1) is 5.10 Å². The molecule has 0 unspecified atom stereocenters. The maximum Gasteiger partial charge on any atom is 0.274 e. The van der Waals surface area contributed by atoms with Gasteiger partial charge in [0.1, 0.15) is 5.69 Å². The van der Waals surface area contributed by atoms with Gasteiger partial charge >= 0.3 is 0 Å². The third kappa shape index (κ3) is 4.01. The van der Waals surface area contributed by atoms with Crippen LogP contribution < -0.4 is 5.32 Å². The lowest BCUT2D eigenvalue weighted by Crippen LogP contribution is -2.33. The standard InChI is InChI=1S/C14H18N6O3S/c1-19-6-2-5-11(19)13(22)15-12(21)9-24-14-16-17-18-20(14)8-10-4-3-7-23-10/h2,5-6,10H,3-4,7-9H2,1H3,(H,15,21,22)/t10-/m0/s1. The van der Waals surface area contributed by atoms with Gasteiger partial charge in [-0.1, -0.05) is 11.8 Å². The molecule has 2 aromatic rings. The predicted octanol–water partition coefficient (Wildman–Crippen LogP) is 0.239. The fourth-order valence-corrected chi connectivity index (χ4v) is 3.14. The van der Waals surface area contributed by atoms with Crippen molar-refractivity contribution in [1.82, 2.24) is 30.1 Å². The Morgan fingerprint density at radius 1 is 1.50 bits per heavy atom. The molecule has 24 heavy (non-hydrogen) atoms. The molecule has 1 atom stereocenters. The van der Waals surface area contributed by atoms with E-state index >= 15 is 0 Å². The summed E-state index contributed by atoms with van der Waals surface area (Å²) < 4.78 is 8.84. The van der Waals surface area contributed by atoms with Crippen LogP contribution in [0.25, 0.3) is 0 Å². The average Bonchev–Trinajstić information content (AvgIpc) is 3.28. The topological polar surface area (TPSA) is 104 Å². The highest BCUT2D eigenvalue weighted by molar-refractivity contribution is 7.99. The van der Waals surface area contributed by atoms with E-state index in [4.69, 9.17) is 4.74 Å². The predicted molar refractivity (Wildman–Crippen MR) is 85.4 cm³/mol. The van der Waals surface area contributed by atoms with E-state index in [2.05, 4.69) is 20.8 Å². The van der Waals surface area contributed by atoms with Crippen molar-refractivity contribution in [3.63, 3.8) is 0 Å². The molecule has 0 radical (unpaired) electrons. The van der Waals surface area contributed by atoms with Gasteiger partial charge in [-0.3, -0.25) is 14.9 Å². The third-order valence-electron chi connectivity index (χ3n) is 3.66. The summed E-state index contributed by atoms with van der Waals surface area (Å²) in [6.07, 6.45) is 3.88. The normalized spacial score (nSPS) is 17.1. The van der Waals surface area contributed by atoms with Crippen molar-refractivity contribution in [3.8, 4) is 0 Å². The smallest absolute Gasteiger partial charge is 0.274 e. The van der Waals surface area contributed by atoms with Crippen LogP contribution in [0, 0.1) is 0 Å². The summed E-state index contributed by atoms with van der Waals surface area (Å²) in [4.78, 5) is 23.9. The molecule has 2 aromatic heterocycles. The minimum absolute atomic E-state index is 0.0576. The lowest BCUT2D eigenvalue weighted by Gasteiger charge is -2.10. The number of aryl methyl sites for hydroxylation is 1. The van der Waals surface area contributed by atoms with Crippen LogP contribution in [-0.2, 0) is 23.1 Å². The van der Waals surface area contributed by atoms with Gasteiger partial charge in [-0.25, -0.2) is 4.68 Å². The first-order chi connectivity index (χ1) is 11.6. The molecular formula is C14H18N6O3S. The number of amides is 2. The van der Waals surface area contributed by atoms with E-state index in [9.17, 15) is 9.59 Å². The average molecular weight is 350 g/mol. The number of imide groups is 1. The summed E-state index contributed by atoms with van der Waals surface area (Å²) in [5.74, 6) is -0.757. The minimum atomic E-state index is -0.424. The number of hydrogen-bond donors (Lipinski definition) is 1. The Balaban J connectivity index is 1.50.